The Morgan fingerprint density at radius 3 is 2.64 bits per heavy atom. The number of aromatic hydroxyl groups is 2. The molecule has 0 saturated heterocycles. The molecule has 0 fully saturated rings. The number of amides is 2. The molecule has 3 aromatic rings. The van der Waals surface area contributed by atoms with E-state index in [1.165, 1.54) is 17.4 Å². The second-order valence-corrected chi connectivity index (χ2v) is 7.13. The third-order valence-corrected chi connectivity index (χ3v) is 5.18. The van der Waals surface area contributed by atoms with Crippen molar-refractivity contribution in [2.45, 2.75) is 13.8 Å². The van der Waals surface area contributed by atoms with Crippen molar-refractivity contribution in [3.63, 3.8) is 0 Å². The van der Waals surface area contributed by atoms with Gasteiger partial charge in [-0.05, 0) is 36.9 Å². The summed E-state index contributed by atoms with van der Waals surface area (Å²) in [4.78, 5) is 25.5. The Morgan fingerprint density at radius 1 is 1.25 bits per heavy atom. The van der Waals surface area contributed by atoms with Crippen LogP contribution in [0.5, 0.6) is 11.5 Å². The third-order valence-electron chi connectivity index (χ3n) is 3.86. The lowest BCUT2D eigenvalue weighted by Gasteiger charge is -2.09. The van der Waals surface area contributed by atoms with Gasteiger partial charge in [0, 0.05) is 12.6 Å². The van der Waals surface area contributed by atoms with Crippen LogP contribution in [0.4, 0.5) is 5.69 Å². The molecular weight excluding hydrogens is 406 g/mol. The number of anilines is 1. The first-order valence-electron chi connectivity index (χ1n) is 8.18. The number of benzene rings is 1. The van der Waals surface area contributed by atoms with Crippen molar-refractivity contribution in [2.75, 3.05) is 11.9 Å². The minimum atomic E-state index is -0.555. The highest BCUT2D eigenvalue weighted by Gasteiger charge is 2.27. The number of carbonyl (C=O) groups is 2. The molecule has 2 heterocycles. The molecule has 0 aliphatic rings. The summed E-state index contributed by atoms with van der Waals surface area (Å²) in [5.74, 6) is -1.76. The van der Waals surface area contributed by atoms with E-state index in [-0.39, 0.29) is 39.2 Å². The van der Waals surface area contributed by atoms with Gasteiger partial charge in [0.2, 0.25) is 0 Å². The van der Waals surface area contributed by atoms with Gasteiger partial charge in [-0.15, -0.1) is 11.3 Å². The molecule has 2 aromatic heterocycles. The monoisotopic (exact) mass is 421 g/mol. The second-order valence-electron chi connectivity index (χ2n) is 5.80. The molecule has 10 heteroatoms. The van der Waals surface area contributed by atoms with E-state index in [1.54, 1.807) is 25.3 Å². The van der Waals surface area contributed by atoms with E-state index in [0.29, 0.717) is 11.4 Å². The normalized spacial score (nSPS) is 10.7. The quantitative estimate of drug-likeness (QED) is 0.497. The Balaban J connectivity index is 2.11. The average molecular weight is 422 g/mol. The maximum Gasteiger partial charge on any atom is 0.275 e. The highest BCUT2D eigenvalue weighted by molar-refractivity contribution is 7.12. The van der Waals surface area contributed by atoms with Crippen LogP contribution in [0.2, 0.25) is 5.02 Å². The van der Waals surface area contributed by atoms with Crippen molar-refractivity contribution in [1.82, 2.24) is 10.5 Å². The molecule has 8 nitrogen and oxygen atoms in total. The van der Waals surface area contributed by atoms with Gasteiger partial charge in [-0.3, -0.25) is 9.59 Å². The molecule has 0 radical (unpaired) electrons. The highest BCUT2D eigenvalue weighted by atomic mass is 35.5. The Morgan fingerprint density at radius 2 is 2.00 bits per heavy atom. The van der Waals surface area contributed by atoms with Crippen LogP contribution < -0.4 is 10.6 Å². The minimum absolute atomic E-state index is 0.0131. The average Bonchev–Trinajstić information content (AvgIpc) is 3.24. The van der Waals surface area contributed by atoms with Gasteiger partial charge in [-0.25, -0.2) is 0 Å². The Hall–Kier alpha value is -3.04. The van der Waals surface area contributed by atoms with Crippen LogP contribution in [0.15, 0.2) is 28.1 Å². The zero-order chi connectivity index (χ0) is 20.4. The van der Waals surface area contributed by atoms with Crippen LogP contribution in [0.25, 0.3) is 11.3 Å². The number of hydrogen-bond acceptors (Lipinski definition) is 7. The Kier molecular flexibility index (Phi) is 5.57. The fourth-order valence-corrected chi connectivity index (χ4v) is 3.48. The SMILES string of the molecule is CCNC(=O)c1noc(-c2cc(Cl)c(O)cc2O)c1NC(=O)c1sccc1C. The van der Waals surface area contributed by atoms with Crippen molar-refractivity contribution >= 4 is 40.4 Å². The van der Waals surface area contributed by atoms with E-state index in [0.717, 1.165) is 11.6 Å². The summed E-state index contributed by atoms with van der Waals surface area (Å²) >= 11 is 7.17. The van der Waals surface area contributed by atoms with E-state index < -0.39 is 11.8 Å². The maximum absolute atomic E-state index is 12.7. The summed E-state index contributed by atoms with van der Waals surface area (Å²) in [5, 5.41) is 30.5. The largest absolute Gasteiger partial charge is 0.507 e. The number of nitrogens with zero attached hydrogens (tertiary/aromatic N) is 1. The van der Waals surface area contributed by atoms with Crippen LogP contribution in [-0.2, 0) is 0 Å². The molecule has 0 bridgehead atoms. The lowest BCUT2D eigenvalue weighted by atomic mass is 10.1. The summed E-state index contributed by atoms with van der Waals surface area (Å²) in [6, 6.07) is 4.08. The Labute approximate surface area is 168 Å². The first-order valence-corrected chi connectivity index (χ1v) is 9.44. The van der Waals surface area contributed by atoms with Gasteiger partial charge in [0.05, 0.1) is 15.5 Å². The summed E-state index contributed by atoms with van der Waals surface area (Å²) in [6.45, 7) is 3.86. The van der Waals surface area contributed by atoms with Crippen molar-refractivity contribution in [3.8, 4) is 22.8 Å². The van der Waals surface area contributed by atoms with Gasteiger partial charge in [0.25, 0.3) is 11.8 Å². The summed E-state index contributed by atoms with van der Waals surface area (Å²) in [6.07, 6.45) is 0. The smallest absolute Gasteiger partial charge is 0.275 e. The maximum atomic E-state index is 12.7. The number of carbonyl (C=O) groups excluding carboxylic acids is 2. The molecule has 146 valence electrons. The third kappa shape index (κ3) is 3.67. The topological polar surface area (TPSA) is 125 Å². The molecule has 0 aliphatic carbocycles. The number of nitrogens with one attached hydrogen (secondary N) is 2. The molecule has 0 saturated carbocycles. The number of hydrogen-bond donors (Lipinski definition) is 4. The number of aromatic nitrogens is 1. The standard InChI is InChI=1S/C18H16ClN3O5S/c1-3-20-17(25)14-13(21-18(26)16-8(2)4-5-28-16)15(27-22-14)9-6-10(19)12(24)7-11(9)23/h4-7,23-24H,3H2,1-2H3,(H,20,25)(H,21,26). The van der Waals surface area contributed by atoms with Gasteiger partial charge >= 0.3 is 0 Å². The fraction of sp³-hybridized carbons (Fsp3) is 0.167. The molecule has 0 aliphatic heterocycles. The summed E-state index contributed by atoms with van der Waals surface area (Å²) in [5.41, 5.74) is 0.670. The van der Waals surface area contributed by atoms with Crippen LogP contribution in [0.3, 0.4) is 0 Å². The zero-order valence-electron chi connectivity index (χ0n) is 14.9. The lowest BCUT2D eigenvalue weighted by Crippen LogP contribution is -2.25. The van der Waals surface area contributed by atoms with Crippen LogP contribution in [0, 0.1) is 6.92 Å². The highest BCUT2D eigenvalue weighted by Crippen LogP contribution is 2.41. The van der Waals surface area contributed by atoms with E-state index in [4.69, 9.17) is 16.1 Å². The number of thiophene rings is 1. The zero-order valence-corrected chi connectivity index (χ0v) is 16.4. The van der Waals surface area contributed by atoms with Crippen molar-refractivity contribution in [2.24, 2.45) is 0 Å². The number of aryl methyl sites for hydroxylation is 1. The molecule has 4 N–H and O–H groups in total. The first-order chi connectivity index (χ1) is 13.3. The summed E-state index contributed by atoms with van der Waals surface area (Å²) < 4.78 is 5.25. The van der Waals surface area contributed by atoms with E-state index in [1.807, 2.05) is 0 Å². The Bertz CT molecular complexity index is 1060. The van der Waals surface area contributed by atoms with Crippen LogP contribution in [0.1, 0.15) is 32.6 Å². The molecule has 1 aromatic carbocycles. The fourth-order valence-electron chi connectivity index (χ4n) is 2.50. The van der Waals surface area contributed by atoms with Gasteiger partial charge in [0.1, 0.15) is 17.2 Å². The van der Waals surface area contributed by atoms with Gasteiger partial charge in [-0.1, -0.05) is 16.8 Å². The van der Waals surface area contributed by atoms with Crippen LogP contribution >= 0.6 is 22.9 Å². The molecule has 0 spiro atoms. The predicted octanol–water partition coefficient (Wildman–Crippen LogP) is 3.78. The lowest BCUT2D eigenvalue weighted by molar-refractivity contribution is 0.0947. The number of rotatable bonds is 5. The molecule has 2 amide bonds. The van der Waals surface area contributed by atoms with Crippen LogP contribution in [-0.4, -0.2) is 33.7 Å². The van der Waals surface area contributed by atoms with E-state index in [9.17, 15) is 19.8 Å². The molecular formula is C18H16ClN3O5S. The van der Waals surface area contributed by atoms with Gasteiger partial charge < -0.3 is 25.4 Å². The molecule has 0 unspecified atom stereocenters. The van der Waals surface area contributed by atoms with E-state index >= 15 is 0 Å². The molecule has 3 rings (SSSR count). The molecule has 0 atom stereocenters. The number of halogens is 1. The second kappa shape index (κ2) is 7.91. The van der Waals surface area contributed by atoms with Crippen molar-refractivity contribution in [1.29, 1.82) is 0 Å². The molecule has 28 heavy (non-hydrogen) atoms. The van der Waals surface area contributed by atoms with Gasteiger partial charge in [0.15, 0.2) is 11.5 Å². The van der Waals surface area contributed by atoms with Gasteiger partial charge in [-0.2, -0.15) is 0 Å². The number of phenols is 2. The van der Waals surface area contributed by atoms with Crippen molar-refractivity contribution < 1.29 is 24.3 Å². The van der Waals surface area contributed by atoms with Crippen molar-refractivity contribution in [3.05, 3.63) is 44.7 Å². The van der Waals surface area contributed by atoms with E-state index in [2.05, 4.69) is 15.8 Å². The summed E-state index contributed by atoms with van der Waals surface area (Å²) in [7, 11) is 0. The minimum Gasteiger partial charge on any atom is -0.507 e. The number of phenolic OH excluding ortho intramolecular Hbond substituents is 2. The first kappa shape index (κ1) is 19.7. The predicted molar refractivity (Wildman–Crippen MR) is 105 cm³/mol.